The predicted octanol–water partition coefficient (Wildman–Crippen LogP) is 5.17. The number of H-pyrrole nitrogens is 1. The highest BCUT2D eigenvalue weighted by Gasteiger charge is 2.34. The van der Waals surface area contributed by atoms with Gasteiger partial charge < -0.3 is 15.2 Å². The van der Waals surface area contributed by atoms with Gasteiger partial charge in [-0.2, -0.15) is 4.31 Å². The molecule has 2 heterocycles. The van der Waals surface area contributed by atoms with Crippen molar-refractivity contribution in [1.82, 2.24) is 14.3 Å². The molecule has 2 aliphatic rings. The molecular formula is C28H37Cl2N5O3S. The first-order valence-corrected chi connectivity index (χ1v) is 14.9. The van der Waals surface area contributed by atoms with Crippen molar-refractivity contribution < 1.29 is 13.2 Å². The van der Waals surface area contributed by atoms with E-state index in [1.165, 1.54) is 12.7 Å². The van der Waals surface area contributed by atoms with E-state index in [-0.39, 0.29) is 49.2 Å². The second-order valence-electron chi connectivity index (χ2n) is 10.3. The molecule has 11 heteroatoms. The Morgan fingerprint density at radius 3 is 2.49 bits per heavy atom. The zero-order valence-electron chi connectivity index (χ0n) is 22.1. The Bertz CT molecular complexity index is 1320. The van der Waals surface area contributed by atoms with Crippen molar-refractivity contribution >= 4 is 52.1 Å². The van der Waals surface area contributed by atoms with Crippen molar-refractivity contribution in [3.63, 3.8) is 0 Å². The first-order chi connectivity index (χ1) is 17.9. The molecule has 1 atom stereocenters. The van der Waals surface area contributed by atoms with Crippen LogP contribution in [0.1, 0.15) is 48.9 Å². The molecule has 1 aliphatic carbocycles. The van der Waals surface area contributed by atoms with Crippen LogP contribution >= 0.6 is 24.8 Å². The number of nitrogens with zero attached hydrogens (tertiary/aromatic N) is 3. The summed E-state index contributed by atoms with van der Waals surface area (Å²) in [5.41, 5.74) is 4.62. The number of benzene rings is 2. The average molecular weight is 595 g/mol. The van der Waals surface area contributed by atoms with Gasteiger partial charge in [-0.15, -0.1) is 24.8 Å². The van der Waals surface area contributed by atoms with Crippen LogP contribution in [-0.4, -0.2) is 47.4 Å². The summed E-state index contributed by atoms with van der Waals surface area (Å²) < 4.78 is 27.6. The number of hydrogen-bond acceptors (Lipinski definition) is 5. The predicted molar refractivity (Wildman–Crippen MR) is 160 cm³/mol. The lowest BCUT2D eigenvalue weighted by Gasteiger charge is -2.31. The number of nitrogens with one attached hydrogen (secondary N) is 2. The van der Waals surface area contributed by atoms with Crippen LogP contribution in [0.25, 0.3) is 0 Å². The van der Waals surface area contributed by atoms with Crippen LogP contribution in [0.4, 0.5) is 11.4 Å². The van der Waals surface area contributed by atoms with E-state index in [4.69, 9.17) is 0 Å². The SMILES string of the molecule is CS(=O)(=O)N1Cc2ccc(NC(=O)C3CCCCC3)cc2N(Cc2cnc[nH]2)CC1Cc1ccccc1.Cl.Cl. The number of imidazole rings is 1. The van der Waals surface area contributed by atoms with Crippen molar-refractivity contribution in [2.24, 2.45) is 5.92 Å². The largest absolute Gasteiger partial charge is 0.364 e. The van der Waals surface area contributed by atoms with E-state index in [1.807, 2.05) is 48.5 Å². The number of anilines is 2. The summed E-state index contributed by atoms with van der Waals surface area (Å²) >= 11 is 0. The summed E-state index contributed by atoms with van der Waals surface area (Å²) in [4.78, 5) is 22.5. The molecule has 2 aromatic carbocycles. The molecule has 1 aliphatic heterocycles. The lowest BCUT2D eigenvalue weighted by molar-refractivity contribution is -0.120. The van der Waals surface area contributed by atoms with Gasteiger partial charge in [0.1, 0.15) is 0 Å². The summed E-state index contributed by atoms with van der Waals surface area (Å²) in [5, 5.41) is 3.14. The molecule has 1 fully saturated rings. The maximum Gasteiger partial charge on any atom is 0.227 e. The molecule has 0 radical (unpaired) electrons. The van der Waals surface area contributed by atoms with Crippen LogP contribution in [0.5, 0.6) is 0 Å². The lowest BCUT2D eigenvalue weighted by atomic mass is 9.88. The standard InChI is InChI=1S/C28H35N5O3S.2ClH/c1-37(35,36)33-17-23-12-13-24(31-28(34)22-10-6-3-7-11-22)15-27(23)32(18-25-16-29-20-30-25)19-26(33)14-21-8-4-2-5-9-21;;/h2,4-5,8-9,12-13,15-16,20,22,26H,3,6-7,10-11,14,17-19H2,1H3,(H,29,30)(H,31,34);2*1H. The fourth-order valence-corrected chi connectivity index (χ4v) is 6.64. The molecule has 1 aromatic heterocycles. The highest BCUT2D eigenvalue weighted by atomic mass is 35.5. The Hall–Kier alpha value is -2.59. The molecule has 1 amide bonds. The molecule has 0 saturated heterocycles. The van der Waals surface area contributed by atoms with Gasteiger partial charge in [-0.05, 0) is 42.5 Å². The fourth-order valence-electron chi connectivity index (χ4n) is 5.59. The number of sulfonamides is 1. The quantitative estimate of drug-likeness (QED) is 0.394. The van der Waals surface area contributed by atoms with Gasteiger partial charge in [0.15, 0.2) is 0 Å². The van der Waals surface area contributed by atoms with Crippen LogP contribution in [0.2, 0.25) is 0 Å². The van der Waals surface area contributed by atoms with Gasteiger partial charge in [-0.25, -0.2) is 13.4 Å². The van der Waals surface area contributed by atoms with Crippen molar-refractivity contribution in [1.29, 1.82) is 0 Å². The monoisotopic (exact) mass is 593 g/mol. The third-order valence-corrected chi connectivity index (χ3v) is 8.77. The fraction of sp³-hybridized carbons (Fsp3) is 0.429. The van der Waals surface area contributed by atoms with Gasteiger partial charge in [0.25, 0.3) is 0 Å². The Morgan fingerprint density at radius 1 is 1.08 bits per heavy atom. The highest BCUT2D eigenvalue weighted by Crippen LogP contribution is 2.34. The van der Waals surface area contributed by atoms with Crippen LogP contribution in [-0.2, 0) is 34.3 Å². The first-order valence-electron chi connectivity index (χ1n) is 13.0. The minimum Gasteiger partial charge on any atom is -0.364 e. The number of carbonyl (C=O) groups is 1. The van der Waals surface area contributed by atoms with E-state index in [0.29, 0.717) is 19.5 Å². The van der Waals surface area contributed by atoms with Crippen LogP contribution < -0.4 is 10.2 Å². The summed E-state index contributed by atoms with van der Waals surface area (Å²) in [6.45, 7) is 1.34. The number of halogens is 2. The third-order valence-electron chi connectivity index (χ3n) is 7.49. The zero-order chi connectivity index (χ0) is 25.8. The van der Waals surface area contributed by atoms with Gasteiger partial charge in [0, 0.05) is 42.6 Å². The van der Waals surface area contributed by atoms with Crippen LogP contribution in [0.3, 0.4) is 0 Å². The average Bonchev–Trinajstić information content (AvgIpc) is 3.35. The van der Waals surface area contributed by atoms with E-state index in [9.17, 15) is 13.2 Å². The number of carbonyl (C=O) groups excluding carboxylic acids is 1. The summed E-state index contributed by atoms with van der Waals surface area (Å²) in [7, 11) is -3.47. The molecule has 0 spiro atoms. The molecule has 5 rings (SSSR count). The van der Waals surface area contributed by atoms with Gasteiger partial charge in [-0.3, -0.25) is 4.79 Å². The molecule has 0 bridgehead atoms. The van der Waals surface area contributed by atoms with Gasteiger partial charge in [-0.1, -0.05) is 55.7 Å². The smallest absolute Gasteiger partial charge is 0.227 e. The number of hydrogen-bond donors (Lipinski definition) is 2. The highest BCUT2D eigenvalue weighted by molar-refractivity contribution is 7.88. The Morgan fingerprint density at radius 2 is 1.82 bits per heavy atom. The lowest BCUT2D eigenvalue weighted by Crippen LogP contribution is -2.45. The zero-order valence-corrected chi connectivity index (χ0v) is 24.5. The summed E-state index contributed by atoms with van der Waals surface area (Å²) in [6, 6.07) is 15.6. The topological polar surface area (TPSA) is 98.4 Å². The van der Waals surface area contributed by atoms with Gasteiger partial charge in [0.2, 0.25) is 15.9 Å². The number of rotatable bonds is 7. The maximum atomic E-state index is 13.0. The minimum atomic E-state index is -3.47. The number of amides is 1. The minimum absolute atomic E-state index is 0. The molecule has 39 heavy (non-hydrogen) atoms. The maximum absolute atomic E-state index is 13.0. The van der Waals surface area contributed by atoms with Gasteiger partial charge in [0.05, 0.1) is 24.8 Å². The first kappa shape index (κ1) is 30.9. The van der Waals surface area contributed by atoms with Crippen LogP contribution in [0, 0.1) is 5.92 Å². The van der Waals surface area contributed by atoms with E-state index >= 15 is 0 Å². The van der Waals surface area contributed by atoms with E-state index < -0.39 is 10.0 Å². The van der Waals surface area contributed by atoms with Crippen molar-refractivity contribution in [3.8, 4) is 0 Å². The van der Waals surface area contributed by atoms with Gasteiger partial charge >= 0.3 is 0 Å². The Kier molecular flexibility index (Phi) is 10.8. The Labute approximate surface area is 243 Å². The number of aromatic nitrogens is 2. The van der Waals surface area contributed by atoms with Crippen molar-refractivity contribution in [3.05, 3.63) is 77.9 Å². The molecule has 8 nitrogen and oxygen atoms in total. The van der Waals surface area contributed by atoms with E-state index in [2.05, 4.69) is 20.2 Å². The number of aromatic amines is 1. The summed E-state index contributed by atoms with van der Waals surface area (Å²) in [5.74, 6) is 0.137. The normalized spacial score (nSPS) is 18.3. The third kappa shape index (κ3) is 7.75. The van der Waals surface area contributed by atoms with E-state index in [1.54, 1.807) is 16.8 Å². The van der Waals surface area contributed by atoms with Crippen molar-refractivity contribution in [2.45, 2.75) is 57.7 Å². The Balaban J connectivity index is 0.00000210. The van der Waals surface area contributed by atoms with E-state index in [0.717, 1.165) is 53.9 Å². The molecule has 212 valence electrons. The summed E-state index contributed by atoms with van der Waals surface area (Å²) in [6.07, 6.45) is 10.6. The van der Waals surface area contributed by atoms with Crippen molar-refractivity contribution in [2.75, 3.05) is 23.0 Å². The van der Waals surface area contributed by atoms with Crippen LogP contribution in [0.15, 0.2) is 61.1 Å². The number of fused-ring (bicyclic) bond motifs is 1. The molecule has 1 unspecified atom stereocenters. The second-order valence-corrected chi connectivity index (χ2v) is 12.2. The molecule has 1 saturated carbocycles. The molecule has 3 aromatic rings. The second kappa shape index (κ2) is 13.7. The molecule has 2 N–H and O–H groups in total. The molecular weight excluding hydrogens is 557 g/mol.